The first kappa shape index (κ1) is 92.4. The molecule has 0 N–H and O–H groups in total. The van der Waals surface area contributed by atoms with Gasteiger partial charge in [-0.3, -0.25) is 4.98 Å². The summed E-state index contributed by atoms with van der Waals surface area (Å²) in [5.41, 5.74) is 28.4. The molecule has 0 atom stereocenters. The van der Waals surface area contributed by atoms with E-state index in [1.807, 2.05) is 74.0 Å². The van der Waals surface area contributed by atoms with Gasteiger partial charge in [-0.1, -0.05) is 235 Å². The third-order valence-corrected chi connectivity index (χ3v) is 28.5. The Labute approximate surface area is 867 Å². The van der Waals surface area contributed by atoms with Crippen LogP contribution in [0.4, 0.5) is 17.2 Å². The molecule has 21 aromatic rings. The fraction of sp³-hybridized carbons (Fsp3) is 0.0866. The van der Waals surface area contributed by atoms with Gasteiger partial charge in [0.25, 0.3) is 0 Å². The minimum Gasteiger partial charge on any atom is -0.511 e. The molecule has 6 aromatic heterocycles. The molecule has 0 amide bonds. The molecule has 141 heavy (non-hydrogen) atoms. The van der Waals surface area contributed by atoms with Crippen LogP contribution in [0.2, 0.25) is 0 Å². The summed E-state index contributed by atoms with van der Waals surface area (Å²) in [4.78, 5) is 32.3. The zero-order chi connectivity index (χ0) is 92.7. The molecule has 2 aliphatic heterocycles. The Bertz CT molecular complexity index is 7790. The maximum absolute atomic E-state index is 5.72. The Kier molecular flexibility index (Phi) is 24.9. The monoisotopic (exact) mass is 2360 g/mol. The smallest absolute Gasteiger partial charge is 0.511 e. The van der Waals surface area contributed by atoms with Gasteiger partial charge in [0.15, 0.2) is 0 Å². The Morgan fingerprint density at radius 1 is 0.340 bits per heavy atom. The minimum absolute atomic E-state index is 0. The van der Waals surface area contributed by atoms with Crippen LogP contribution >= 0.6 is 0 Å². The van der Waals surface area contributed by atoms with Gasteiger partial charge in [0.1, 0.15) is 17.3 Å². The van der Waals surface area contributed by atoms with Crippen LogP contribution in [0.25, 0.3) is 88.6 Å². The average Bonchev–Trinajstić information content (AvgIpc) is 1.54. The number of aromatic nitrogens is 6. The summed E-state index contributed by atoms with van der Waals surface area (Å²) in [6, 6.07) is 168. The van der Waals surface area contributed by atoms with E-state index in [9.17, 15) is 0 Å². The van der Waals surface area contributed by atoms with Gasteiger partial charge in [0.2, 0.25) is 0 Å². The van der Waals surface area contributed by atoms with Gasteiger partial charge in [0.05, 0.1) is 38.8 Å². The van der Waals surface area contributed by atoms with Crippen molar-refractivity contribution >= 4 is 60.9 Å². The molecule has 0 fully saturated rings. The summed E-state index contributed by atoms with van der Waals surface area (Å²) in [6.45, 7) is 13.9. The molecule has 0 saturated heterocycles. The van der Waals surface area contributed by atoms with Gasteiger partial charge in [-0.2, -0.15) is 159 Å². The van der Waals surface area contributed by atoms with E-state index < -0.39 is 16.2 Å². The van der Waals surface area contributed by atoms with Crippen LogP contribution in [-0.4, -0.2) is 55.7 Å². The summed E-state index contributed by atoms with van der Waals surface area (Å²) < 4.78 is 4.49. The standard InChI is InChI=1S/C54H35N3.C47H28N4.C26H30N4.3Pt/c1-3-19-38(20-4-1)53(46-29-11-7-25-42(46)43-26-8-12-30-47(43)53)51-34-18-35-52(56-51)57(40-22-5-2-6-23-40)41-24-17-21-39(37-41)54(50-33-15-16-36-55-50)48-31-13-9-27-44(48)45-28-10-14-32-49(45)54;1-2-14-32(15-3-1)50-41-22-10-7-19-36(41)38-27-28-44(49-46(38)50)47(39-20-8-4-16-33(39)34-17-5-9-21-40(34)47)31-25-26-37-35-18-6-11-23-42(35)51(43(37)30-31)45-24-12-13-29-48-45;1-25(2,23-11-7-6-8-12-23)30-17-15-28(21-30)19-22-10-9-13-24(18-22)26(3,4)29-16-14-27(5)20-29;;;/h1-19,21-36H;1-14,16-29H;6-11,13-17,20-21H,19H2,1-5H3;;;/q2*-2;-4;2*+2;+4. The average molecular weight is 2360 g/mol. The van der Waals surface area contributed by atoms with E-state index in [2.05, 4.69) is 494 Å². The first-order valence-corrected chi connectivity index (χ1v) is 47.1. The quantitative estimate of drug-likeness (QED) is 0.0829. The molecular formula is C127H93N11Pt3. The fourth-order valence-corrected chi connectivity index (χ4v) is 22.0. The maximum Gasteiger partial charge on any atom is 4.00 e. The maximum atomic E-state index is 5.72. The molecule has 11 nitrogen and oxygen atoms in total. The SMILES string of the molecule is CN1C=CN(C(C)(C)c2[c-]c(CN3C=CN(C(C)(C)c4[c-]cccc4)[CH-]3)ccc2)[CH-]1.[Pt+2].[Pt+2].[Pt+4].[c-]1c(N(c2ccccc2)c2cccc(C3(c4[c-]cccc4)c4ccccc4-c4ccccc43)n2)cccc1C1(c2ccccn2)c2ccccc2-c2ccccc21.[c-]1ccccc1-n1c2ccccc2c2ccc(C3(c4[c-]c5c(cc4)c4ccccc4n5-c4ccccn4)c4ccccc4-c4ccccc43)nc21. The second-order valence-corrected chi connectivity index (χ2v) is 36.8. The number of fused-ring (bicyclic) bond motifs is 15. The van der Waals surface area contributed by atoms with Crippen molar-refractivity contribution in [3.8, 4) is 44.9 Å². The van der Waals surface area contributed by atoms with Crippen LogP contribution in [0.15, 0.2) is 450 Å². The van der Waals surface area contributed by atoms with E-state index in [-0.39, 0.29) is 74.3 Å². The van der Waals surface area contributed by atoms with Gasteiger partial charge < -0.3 is 33.6 Å². The van der Waals surface area contributed by atoms with E-state index in [1.165, 1.54) is 88.8 Å². The van der Waals surface area contributed by atoms with Crippen molar-refractivity contribution in [1.82, 2.24) is 48.7 Å². The summed E-state index contributed by atoms with van der Waals surface area (Å²) >= 11 is 0. The molecule has 0 radical (unpaired) electrons. The topological polar surface area (TPSA) is 77.6 Å². The normalized spacial score (nSPS) is 14.0. The number of para-hydroxylation sites is 4. The molecule has 26 rings (SSSR count). The van der Waals surface area contributed by atoms with Crippen molar-refractivity contribution in [3.05, 3.63) is 583 Å². The second-order valence-electron chi connectivity index (χ2n) is 36.8. The summed E-state index contributed by atoms with van der Waals surface area (Å²) in [6.07, 6.45) is 12.2. The predicted molar refractivity (Wildman–Crippen MR) is 555 cm³/mol. The molecule has 5 aliphatic rings. The zero-order valence-electron chi connectivity index (χ0n) is 78.0. The predicted octanol–water partition coefficient (Wildman–Crippen LogP) is 27.9. The first-order valence-electron chi connectivity index (χ1n) is 47.1. The molecule has 14 heteroatoms. The molecule has 15 aromatic carbocycles. The third-order valence-electron chi connectivity index (χ3n) is 28.5. The van der Waals surface area contributed by atoms with Crippen molar-refractivity contribution in [2.24, 2.45) is 0 Å². The Balaban J connectivity index is 0.000000130. The van der Waals surface area contributed by atoms with Crippen LogP contribution in [0.5, 0.6) is 0 Å². The molecule has 0 saturated carbocycles. The van der Waals surface area contributed by atoms with Gasteiger partial charge in [0, 0.05) is 45.4 Å². The van der Waals surface area contributed by atoms with E-state index in [0.717, 1.165) is 107 Å². The molecular weight excluding hydrogens is 2260 g/mol. The van der Waals surface area contributed by atoms with Crippen molar-refractivity contribution in [3.63, 3.8) is 0 Å². The Morgan fingerprint density at radius 3 is 1.40 bits per heavy atom. The zero-order valence-corrected chi connectivity index (χ0v) is 84.8. The van der Waals surface area contributed by atoms with E-state index in [0.29, 0.717) is 0 Å². The number of benzene rings is 15. The first-order chi connectivity index (χ1) is 67.9. The fourth-order valence-electron chi connectivity index (χ4n) is 22.0. The van der Waals surface area contributed by atoms with E-state index in [4.69, 9.17) is 19.9 Å². The van der Waals surface area contributed by atoms with E-state index >= 15 is 0 Å². The second kappa shape index (κ2) is 38.0. The van der Waals surface area contributed by atoms with Crippen LogP contribution in [0.3, 0.4) is 0 Å². The van der Waals surface area contributed by atoms with Crippen molar-refractivity contribution in [1.29, 1.82) is 0 Å². The number of nitrogens with zero attached hydrogens (tertiary/aromatic N) is 11. The molecule has 686 valence electrons. The number of pyridine rings is 4. The number of hydrogen-bond acceptors (Lipinski definition) is 9. The summed E-state index contributed by atoms with van der Waals surface area (Å²) in [5, 5.41) is 4.58. The summed E-state index contributed by atoms with van der Waals surface area (Å²) in [5.74, 6) is 1.66. The van der Waals surface area contributed by atoms with Crippen LogP contribution in [0.1, 0.15) is 112 Å². The van der Waals surface area contributed by atoms with Gasteiger partial charge in [-0.05, 0) is 211 Å². The van der Waals surface area contributed by atoms with Crippen molar-refractivity contribution < 1.29 is 63.2 Å². The Hall–Kier alpha value is -15.0. The van der Waals surface area contributed by atoms with Crippen LogP contribution < -0.4 is 4.90 Å². The molecule has 3 aliphatic carbocycles. The number of rotatable bonds is 17. The Morgan fingerprint density at radius 2 is 0.816 bits per heavy atom. The molecule has 0 bridgehead atoms. The van der Waals surface area contributed by atoms with Crippen molar-refractivity contribution in [2.75, 3.05) is 11.9 Å². The van der Waals surface area contributed by atoms with Gasteiger partial charge >= 0.3 is 63.2 Å². The van der Waals surface area contributed by atoms with Gasteiger partial charge in [-0.25, -0.2) is 15.0 Å². The van der Waals surface area contributed by atoms with Crippen molar-refractivity contribution in [2.45, 2.75) is 61.6 Å². The number of hydrogen-bond donors (Lipinski definition) is 0. The van der Waals surface area contributed by atoms with E-state index in [1.54, 1.807) is 0 Å². The van der Waals surface area contributed by atoms with Crippen LogP contribution in [-0.2, 0) is 97.1 Å². The molecule has 0 spiro atoms. The van der Waals surface area contributed by atoms with Gasteiger partial charge in [-0.15, -0.1) is 50.9 Å². The third kappa shape index (κ3) is 15.4. The summed E-state index contributed by atoms with van der Waals surface area (Å²) in [7, 11) is 2.04. The number of anilines is 3. The minimum atomic E-state index is -0.747. The largest absolute Gasteiger partial charge is 4.00 e. The molecule has 8 heterocycles. The molecule has 0 unspecified atom stereocenters. The van der Waals surface area contributed by atoms with Crippen LogP contribution in [0, 0.1) is 49.7 Å².